The number of fused-ring (bicyclic) bond motifs is 1. The van der Waals surface area contributed by atoms with Crippen LogP contribution in [0.1, 0.15) is 63.1 Å². The molecule has 3 aromatic rings. The van der Waals surface area contributed by atoms with E-state index in [1.165, 1.54) is 12.1 Å². The first-order valence-electron chi connectivity index (χ1n) is 14.6. The van der Waals surface area contributed by atoms with E-state index in [-0.39, 0.29) is 18.3 Å². The maximum atomic E-state index is 14.3. The van der Waals surface area contributed by atoms with Gasteiger partial charge in [-0.25, -0.2) is 9.38 Å². The number of nitrogens with zero attached hydrogens (tertiary/aromatic N) is 2. The molecule has 8 heteroatoms. The van der Waals surface area contributed by atoms with Crippen molar-refractivity contribution in [3.63, 3.8) is 0 Å². The molecule has 3 atom stereocenters. The van der Waals surface area contributed by atoms with E-state index in [1.54, 1.807) is 17.0 Å². The Morgan fingerprint density at radius 3 is 2.29 bits per heavy atom. The number of benzodiazepines with no additional fused rings is 1. The fraction of sp³-hybridized carbons (Fsp3) is 0.353. The Bertz CT molecular complexity index is 1420. The van der Waals surface area contributed by atoms with Gasteiger partial charge in [-0.1, -0.05) is 94.3 Å². The molecule has 0 radical (unpaired) electrons. The first-order chi connectivity index (χ1) is 20.2. The number of carbonyl (C=O) groups is 3. The molecule has 0 fully saturated rings. The summed E-state index contributed by atoms with van der Waals surface area (Å²) in [5.41, 5.74) is 9.23. The third-order valence-electron chi connectivity index (χ3n) is 7.57. The Balaban J connectivity index is 1.78. The fourth-order valence-electron chi connectivity index (χ4n) is 5.45. The van der Waals surface area contributed by atoms with Crippen molar-refractivity contribution in [3.8, 4) is 0 Å². The first kappa shape index (κ1) is 30.6. The SMILES string of the molecule is CCCC[C@H](C(N)=O)[C@@H](CC(C)C)C(=O)NC1N=C(c2ccccc2)c2ccccc2N(Cc2ccc(F)cc2)C1=O. The van der Waals surface area contributed by atoms with Gasteiger partial charge >= 0.3 is 0 Å². The molecule has 0 saturated heterocycles. The second-order valence-electron chi connectivity index (χ2n) is 11.2. The molecule has 0 aliphatic carbocycles. The van der Waals surface area contributed by atoms with E-state index in [2.05, 4.69) is 5.32 Å². The number of unbranched alkanes of at least 4 members (excludes halogenated alkanes) is 1. The van der Waals surface area contributed by atoms with Crippen LogP contribution in [0.4, 0.5) is 10.1 Å². The Hall–Kier alpha value is -4.33. The third-order valence-corrected chi connectivity index (χ3v) is 7.57. The maximum Gasteiger partial charge on any atom is 0.272 e. The van der Waals surface area contributed by atoms with Gasteiger partial charge in [-0.05, 0) is 42.5 Å². The van der Waals surface area contributed by atoms with Gasteiger partial charge < -0.3 is 16.0 Å². The van der Waals surface area contributed by atoms with E-state index >= 15 is 0 Å². The number of hydrogen-bond acceptors (Lipinski definition) is 4. The molecule has 0 aromatic heterocycles. The summed E-state index contributed by atoms with van der Waals surface area (Å²) in [6, 6.07) is 22.9. The van der Waals surface area contributed by atoms with Gasteiger partial charge in [0.25, 0.3) is 5.91 Å². The highest BCUT2D eigenvalue weighted by atomic mass is 19.1. The van der Waals surface area contributed by atoms with Crippen LogP contribution in [0.15, 0.2) is 83.9 Å². The number of hydrogen-bond donors (Lipinski definition) is 2. The summed E-state index contributed by atoms with van der Waals surface area (Å²) >= 11 is 0. The number of aliphatic imine (C=N–C) groups is 1. The van der Waals surface area contributed by atoms with Crippen LogP contribution < -0.4 is 16.0 Å². The molecule has 3 amide bonds. The zero-order valence-electron chi connectivity index (χ0n) is 24.4. The zero-order valence-corrected chi connectivity index (χ0v) is 24.4. The van der Waals surface area contributed by atoms with Gasteiger partial charge in [0, 0.05) is 23.0 Å². The highest BCUT2D eigenvalue weighted by Crippen LogP contribution is 2.31. The second-order valence-corrected chi connectivity index (χ2v) is 11.2. The quantitative estimate of drug-likeness (QED) is 0.296. The molecule has 220 valence electrons. The van der Waals surface area contributed by atoms with E-state index in [0.717, 1.165) is 29.5 Å². The molecule has 7 nitrogen and oxygen atoms in total. The predicted molar refractivity (Wildman–Crippen MR) is 163 cm³/mol. The van der Waals surface area contributed by atoms with E-state index < -0.39 is 35.7 Å². The van der Waals surface area contributed by atoms with Gasteiger partial charge in [-0.2, -0.15) is 0 Å². The van der Waals surface area contributed by atoms with Crippen LogP contribution in [0.25, 0.3) is 0 Å². The Kier molecular flexibility index (Phi) is 10.2. The summed E-state index contributed by atoms with van der Waals surface area (Å²) in [5.74, 6) is -2.98. The van der Waals surface area contributed by atoms with Crippen LogP contribution >= 0.6 is 0 Å². The van der Waals surface area contributed by atoms with E-state index in [4.69, 9.17) is 10.7 Å². The van der Waals surface area contributed by atoms with E-state index in [0.29, 0.717) is 24.2 Å². The number of primary amides is 1. The van der Waals surface area contributed by atoms with Crippen molar-refractivity contribution in [2.45, 2.75) is 59.2 Å². The van der Waals surface area contributed by atoms with Crippen molar-refractivity contribution < 1.29 is 18.8 Å². The number of benzene rings is 3. The lowest BCUT2D eigenvalue weighted by molar-refractivity contribution is -0.136. The fourth-order valence-corrected chi connectivity index (χ4v) is 5.45. The lowest BCUT2D eigenvalue weighted by Crippen LogP contribution is -2.50. The second kappa shape index (κ2) is 14.0. The zero-order chi connectivity index (χ0) is 30.2. The Morgan fingerprint density at radius 2 is 1.64 bits per heavy atom. The van der Waals surface area contributed by atoms with Crippen LogP contribution in [0.5, 0.6) is 0 Å². The number of anilines is 1. The number of nitrogens with one attached hydrogen (secondary N) is 1. The number of halogens is 1. The number of nitrogens with two attached hydrogens (primary N) is 1. The van der Waals surface area contributed by atoms with Gasteiger partial charge in [0.1, 0.15) is 5.82 Å². The summed E-state index contributed by atoms with van der Waals surface area (Å²) in [5, 5.41) is 2.90. The summed E-state index contributed by atoms with van der Waals surface area (Å²) in [6.45, 7) is 6.15. The lowest BCUT2D eigenvalue weighted by atomic mass is 9.81. The average Bonchev–Trinajstić information content (AvgIpc) is 3.08. The highest BCUT2D eigenvalue weighted by Gasteiger charge is 2.37. The first-order valence-corrected chi connectivity index (χ1v) is 14.6. The molecule has 1 unspecified atom stereocenters. The molecular formula is C34H39FN4O3. The highest BCUT2D eigenvalue weighted by molar-refractivity contribution is 6.20. The molecular weight excluding hydrogens is 531 g/mol. The van der Waals surface area contributed by atoms with Crippen molar-refractivity contribution in [2.24, 2.45) is 28.5 Å². The number of amides is 3. The van der Waals surface area contributed by atoms with Crippen LogP contribution in [0.2, 0.25) is 0 Å². The molecule has 4 rings (SSSR count). The molecule has 0 bridgehead atoms. The maximum absolute atomic E-state index is 14.3. The van der Waals surface area contributed by atoms with Gasteiger partial charge in [0.15, 0.2) is 0 Å². The Morgan fingerprint density at radius 1 is 0.976 bits per heavy atom. The topological polar surface area (TPSA) is 105 Å². The molecule has 42 heavy (non-hydrogen) atoms. The van der Waals surface area contributed by atoms with Gasteiger partial charge in [0.2, 0.25) is 18.0 Å². The smallest absolute Gasteiger partial charge is 0.272 e. The lowest BCUT2D eigenvalue weighted by Gasteiger charge is -2.29. The van der Waals surface area contributed by atoms with Crippen molar-refractivity contribution in [3.05, 3.63) is 101 Å². The summed E-state index contributed by atoms with van der Waals surface area (Å²) in [6.07, 6.45) is 1.31. The third kappa shape index (κ3) is 7.29. The van der Waals surface area contributed by atoms with Gasteiger partial charge in [-0.3, -0.25) is 14.4 Å². The van der Waals surface area contributed by atoms with Crippen LogP contribution in [-0.2, 0) is 20.9 Å². The largest absolute Gasteiger partial charge is 0.369 e. The van der Waals surface area contributed by atoms with E-state index in [1.807, 2.05) is 75.4 Å². The summed E-state index contributed by atoms with van der Waals surface area (Å²) in [7, 11) is 0. The minimum atomic E-state index is -1.25. The predicted octanol–water partition coefficient (Wildman–Crippen LogP) is 5.61. The number of para-hydroxylation sites is 1. The molecule has 3 N–H and O–H groups in total. The molecule has 1 heterocycles. The van der Waals surface area contributed by atoms with Gasteiger partial charge in [0.05, 0.1) is 17.9 Å². The molecule has 1 aliphatic heterocycles. The molecule has 3 aromatic carbocycles. The van der Waals surface area contributed by atoms with Crippen molar-refractivity contribution in [1.29, 1.82) is 0 Å². The Labute approximate surface area is 247 Å². The molecule has 1 aliphatic rings. The average molecular weight is 571 g/mol. The van der Waals surface area contributed by atoms with Crippen molar-refractivity contribution in [1.82, 2.24) is 5.32 Å². The van der Waals surface area contributed by atoms with Crippen LogP contribution in [0, 0.1) is 23.6 Å². The summed E-state index contributed by atoms with van der Waals surface area (Å²) in [4.78, 5) is 47.1. The minimum absolute atomic E-state index is 0.122. The van der Waals surface area contributed by atoms with Gasteiger partial charge in [-0.15, -0.1) is 0 Å². The number of carbonyl (C=O) groups excluding carboxylic acids is 3. The van der Waals surface area contributed by atoms with E-state index in [9.17, 15) is 18.8 Å². The molecule has 0 saturated carbocycles. The standard InChI is InChI=1S/C34H39FN4O3/c1-4-5-13-26(31(36)40)28(20-22(2)3)33(41)38-32-34(42)39(21-23-16-18-25(35)19-17-23)29-15-10-9-14-27(29)30(37-32)24-11-7-6-8-12-24/h6-12,14-19,22,26,28,32H,4-5,13,20-21H2,1-3H3,(H2,36,40)(H,38,41)/t26-,28+,32?/m0/s1. The monoisotopic (exact) mass is 570 g/mol. The minimum Gasteiger partial charge on any atom is -0.369 e. The van der Waals surface area contributed by atoms with Crippen molar-refractivity contribution in [2.75, 3.05) is 4.90 Å². The van der Waals surface area contributed by atoms with Crippen molar-refractivity contribution >= 4 is 29.1 Å². The van der Waals surface area contributed by atoms with Crippen LogP contribution in [0.3, 0.4) is 0 Å². The number of rotatable bonds is 12. The normalized spacial score (nSPS) is 16.3. The summed E-state index contributed by atoms with van der Waals surface area (Å²) < 4.78 is 13.7. The molecule has 0 spiro atoms. The van der Waals surface area contributed by atoms with Crippen LogP contribution in [-0.4, -0.2) is 29.6 Å².